The molecule has 0 atom stereocenters. The molecule has 0 saturated carbocycles. The third-order valence-electron chi connectivity index (χ3n) is 5.00. The van der Waals surface area contributed by atoms with Gasteiger partial charge in [-0.2, -0.15) is 4.98 Å². The van der Waals surface area contributed by atoms with E-state index in [1.165, 1.54) is 43.2 Å². The predicted octanol–water partition coefficient (Wildman–Crippen LogP) is 5.63. The number of nitrogens with zero attached hydrogens (tertiary/aromatic N) is 4. The molecule has 192 valence electrons. The van der Waals surface area contributed by atoms with E-state index in [0.717, 1.165) is 5.56 Å². The molecule has 10 nitrogen and oxygen atoms in total. The molecule has 0 spiro atoms. The Morgan fingerprint density at radius 3 is 2.57 bits per heavy atom. The molecule has 3 heterocycles. The van der Waals surface area contributed by atoms with Gasteiger partial charge in [0.15, 0.2) is 5.82 Å². The third kappa shape index (κ3) is 6.56. The number of hydrogen-bond donors (Lipinski definition) is 2. The number of nitrogens with one attached hydrogen (secondary N) is 2. The first-order valence-electron chi connectivity index (χ1n) is 10.6. The summed E-state index contributed by atoms with van der Waals surface area (Å²) in [6.45, 7) is 0.885. The zero-order valence-electron chi connectivity index (χ0n) is 19.4. The van der Waals surface area contributed by atoms with E-state index in [-0.39, 0.29) is 32.7 Å². The van der Waals surface area contributed by atoms with Crippen molar-refractivity contribution in [1.29, 1.82) is 0 Å². The summed E-state index contributed by atoms with van der Waals surface area (Å²) in [6, 6.07) is 6.03. The highest BCUT2D eigenvalue weighted by molar-refractivity contribution is 7.13. The number of aromatic nitrogens is 3. The number of thiophene rings is 1. The van der Waals surface area contributed by atoms with Crippen molar-refractivity contribution in [2.24, 2.45) is 0 Å². The maximum Gasteiger partial charge on any atom is 0.267 e. The molecule has 3 aromatic heterocycles. The number of carbonyl (C=O) groups excluding carboxylic acids is 2. The molecule has 4 aromatic rings. The van der Waals surface area contributed by atoms with Gasteiger partial charge in [-0.1, -0.05) is 40.0 Å². The third-order valence-corrected chi connectivity index (χ3v) is 7.02. The number of hydrogen-bond acceptors (Lipinski definition) is 9. The van der Waals surface area contributed by atoms with E-state index >= 15 is 0 Å². The zero-order valence-corrected chi connectivity index (χ0v) is 22.5. The molecule has 0 fully saturated rings. The molecule has 0 saturated heterocycles. The van der Waals surface area contributed by atoms with Crippen molar-refractivity contribution in [3.63, 3.8) is 0 Å². The van der Waals surface area contributed by atoms with E-state index in [2.05, 4.69) is 25.8 Å². The van der Waals surface area contributed by atoms with Gasteiger partial charge >= 0.3 is 0 Å². The summed E-state index contributed by atoms with van der Waals surface area (Å²) in [7, 11) is 3.27. The van der Waals surface area contributed by atoms with E-state index in [0.29, 0.717) is 29.0 Å². The lowest BCUT2D eigenvalue weighted by molar-refractivity contribution is 0.102. The maximum absolute atomic E-state index is 13.2. The van der Waals surface area contributed by atoms with Crippen molar-refractivity contribution in [3.05, 3.63) is 79.1 Å². The molecule has 1 aromatic carbocycles. The van der Waals surface area contributed by atoms with Crippen molar-refractivity contribution < 1.29 is 18.8 Å². The van der Waals surface area contributed by atoms with Gasteiger partial charge in [0, 0.05) is 23.8 Å². The lowest BCUT2D eigenvalue weighted by Gasteiger charge is -2.16. The standard InChI is InChI=1S/C23H19Cl3N6O4S/c1-32(9-18-28-11-36-31-18)8-12-10-37-21(19(12)26)23(34)30-20-15(5-14(25)6-16(20)35-2)22(33)29-17-4-3-13(24)7-27-17/h3-7,10-11H,8-9H2,1-2H3,(H,30,34)(H,27,29,33). The first-order valence-corrected chi connectivity index (χ1v) is 12.6. The number of pyridine rings is 1. The fraction of sp³-hybridized carbons (Fsp3) is 0.174. The quantitative estimate of drug-likeness (QED) is 0.261. The summed E-state index contributed by atoms with van der Waals surface area (Å²) in [4.78, 5) is 36.6. The van der Waals surface area contributed by atoms with Crippen LogP contribution in [0, 0.1) is 0 Å². The first-order chi connectivity index (χ1) is 17.7. The Morgan fingerprint density at radius 1 is 1.08 bits per heavy atom. The van der Waals surface area contributed by atoms with Crippen LogP contribution in [0.25, 0.3) is 0 Å². The average Bonchev–Trinajstić information content (AvgIpc) is 3.51. The normalized spacial score (nSPS) is 11.0. The Balaban J connectivity index is 1.55. The number of halogens is 3. The molecule has 14 heteroatoms. The fourth-order valence-corrected chi connectivity index (χ4v) is 4.91. The summed E-state index contributed by atoms with van der Waals surface area (Å²) < 4.78 is 10.1. The van der Waals surface area contributed by atoms with E-state index < -0.39 is 11.8 Å². The minimum atomic E-state index is -0.563. The monoisotopic (exact) mass is 580 g/mol. The molecular formula is C23H19Cl3N6O4S. The lowest BCUT2D eigenvalue weighted by Crippen LogP contribution is -2.20. The first kappa shape index (κ1) is 26.8. The van der Waals surface area contributed by atoms with Crippen LogP contribution in [0.3, 0.4) is 0 Å². The molecule has 2 N–H and O–H groups in total. The molecule has 4 rings (SSSR count). The van der Waals surface area contributed by atoms with Crippen LogP contribution >= 0.6 is 46.1 Å². The number of anilines is 2. The van der Waals surface area contributed by atoms with Crippen LogP contribution in [0.5, 0.6) is 5.75 Å². The smallest absolute Gasteiger partial charge is 0.267 e. The second kappa shape index (κ2) is 11.9. The summed E-state index contributed by atoms with van der Waals surface area (Å²) in [6.07, 6.45) is 2.66. The molecule has 0 unspecified atom stereocenters. The second-order valence-electron chi connectivity index (χ2n) is 7.72. The number of methoxy groups -OCH3 is 1. The van der Waals surface area contributed by atoms with E-state index in [1.807, 2.05) is 11.9 Å². The molecule has 0 aliphatic heterocycles. The van der Waals surface area contributed by atoms with Gasteiger partial charge in [-0.15, -0.1) is 11.3 Å². The van der Waals surface area contributed by atoms with Crippen LogP contribution in [0.4, 0.5) is 11.5 Å². The van der Waals surface area contributed by atoms with E-state index in [4.69, 9.17) is 44.1 Å². The zero-order chi connectivity index (χ0) is 26.5. The lowest BCUT2D eigenvalue weighted by atomic mass is 10.1. The number of amides is 2. The Kier molecular flexibility index (Phi) is 8.62. The van der Waals surface area contributed by atoms with Crippen LogP contribution in [0.1, 0.15) is 31.4 Å². The Hall–Kier alpha value is -3.22. The fourth-order valence-electron chi connectivity index (χ4n) is 3.34. The maximum atomic E-state index is 13.2. The van der Waals surface area contributed by atoms with Gasteiger partial charge in [0.25, 0.3) is 11.8 Å². The van der Waals surface area contributed by atoms with E-state index in [1.54, 1.807) is 17.5 Å². The summed E-state index contributed by atoms with van der Waals surface area (Å²) in [5.74, 6) is -0.0843. The highest BCUT2D eigenvalue weighted by atomic mass is 35.5. The Morgan fingerprint density at radius 2 is 1.89 bits per heavy atom. The molecular weight excluding hydrogens is 563 g/mol. The van der Waals surface area contributed by atoms with Gasteiger partial charge in [-0.05, 0) is 36.2 Å². The number of rotatable bonds is 9. The minimum Gasteiger partial charge on any atom is -0.494 e. The molecule has 0 radical (unpaired) electrons. The highest BCUT2D eigenvalue weighted by Gasteiger charge is 2.24. The Labute approximate surface area is 230 Å². The predicted molar refractivity (Wildman–Crippen MR) is 142 cm³/mol. The molecule has 0 aliphatic rings. The van der Waals surface area contributed by atoms with Crippen molar-refractivity contribution in [2.75, 3.05) is 24.8 Å². The molecule has 0 bridgehead atoms. The van der Waals surface area contributed by atoms with Crippen LogP contribution in [-0.4, -0.2) is 46.0 Å². The summed E-state index contributed by atoms with van der Waals surface area (Å²) >= 11 is 19.8. The minimum absolute atomic E-state index is 0.0715. The SMILES string of the molecule is COc1cc(Cl)cc(C(=O)Nc2ccc(Cl)cn2)c1NC(=O)c1scc(CN(C)Cc2ncon2)c1Cl. The van der Waals surface area contributed by atoms with Gasteiger partial charge in [0.2, 0.25) is 6.39 Å². The largest absolute Gasteiger partial charge is 0.494 e. The number of carbonyl (C=O) groups is 2. The Bertz CT molecular complexity index is 1410. The second-order valence-corrected chi connectivity index (χ2v) is 9.85. The molecule has 37 heavy (non-hydrogen) atoms. The van der Waals surface area contributed by atoms with Gasteiger partial charge < -0.3 is 19.9 Å². The van der Waals surface area contributed by atoms with Crippen LogP contribution in [0.2, 0.25) is 15.1 Å². The van der Waals surface area contributed by atoms with Crippen LogP contribution in [-0.2, 0) is 13.1 Å². The topological polar surface area (TPSA) is 122 Å². The van der Waals surface area contributed by atoms with E-state index in [9.17, 15) is 9.59 Å². The average molecular weight is 582 g/mol. The van der Waals surface area contributed by atoms with Gasteiger partial charge in [-0.3, -0.25) is 14.5 Å². The number of benzene rings is 1. The van der Waals surface area contributed by atoms with Crippen molar-refractivity contribution in [1.82, 2.24) is 20.0 Å². The molecule has 0 aliphatic carbocycles. The van der Waals surface area contributed by atoms with Crippen molar-refractivity contribution >= 4 is 69.5 Å². The van der Waals surface area contributed by atoms with Crippen molar-refractivity contribution in [2.45, 2.75) is 13.1 Å². The van der Waals surface area contributed by atoms with Crippen LogP contribution in [0.15, 0.2) is 46.8 Å². The molecule has 2 amide bonds. The number of ether oxygens (including phenoxy) is 1. The summed E-state index contributed by atoms with van der Waals surface area (Å²) in [5.41, 5.74) is 0.948. The van der Waals surface area contributed by atoms with Gasteiger partial charge in [-0.25, -0.2) is 4.98 Å². The highest BCUT2D eigenvalue weighted by Crippen LogP contribution is 2.35. The van der Waals surface area contributed by atoms with Gasteiger partial charge in [0.05, 0.1) is 35.0 Å². The summed E-state index contributed by atoms with van der Waals surface area (Å²) in [5, 5.41) is 11.9. The van der Waals surface area contributed by atoms with Gasteiger partial charge in [0.1, 0.15) is 16.4 Å². The van der Waals surface area contributed by atoms with Crippen molar-refractivity contribution in [3.8, 4) is 5.75 Å². The van der Waals surface area contributed by atoms with Crippen LogP contribution < -0.4 is 15.4 Å².